The summed E-state index contributed by atoms with van der Waals surface area (Å²) in [6.45, 7) is 1.71. The molecule has 0 bridgehead atoms. The molecule has 1 aromatic rings. The second-order valence-electron chi connectivity index (χ2n) is 5.45. The average molecular weight is 423 g/mol. The van der Waals surface area contributed by atoms with Gasteiger partial charge in [0.1, 0.15) is 0 Å². The van der Waals surface area contributed by atoms with Crippen LogP contribution < -0.4 is 15.5 Å². The third-order valence-electron chi connectivity index (χ3n) is 3.36. The van der Waals surface area contributed by atoms with E-state index in [0.717, 1.165) is 29.2 Å². The maximum absolute atomic E-state index is 4.54. The van der Waals surface area contributed by atoms with Gasteiger partial charge in [-0.25, -0.2) is 4.98 Å². The van der Waals surface area contributed by atoms with Gasteiger partial charge < -0.3 is 15.5 Å². The van der Waals surface area contributed by atoms with Crippen LogP contribution in [0.2, 0.25) is 0 Å². The standard InChI is InChI=1S/C14H25N5S.HI/c1-15-13(16-8-4-5-11-6-7-11)17-9-12-10-20-14(18-12)19(2)3;/h10-11H,4-9H2,1-3H3,(H2,15,16,17);1H. The zero-order valence-electron chi connectivity index (χ0n) is 13.1. The second-order valence-corrected chi connectivity index (χ2v) is 6.29. The first kappa shape index (κ1) is 18.5. The van der Waals surface area contributed by atoms with Crippen molar-refractivity contribution in [1.82, 2.24) is 15.6 Å². The minimum Gasteiger partial charge on any atom is -0.356 e. The molecule has 0 saturated heterocycles. The Morgan fingerprint density at radius 1 is 1.43 bits per heavy atom. The highest BCUT2D eigenvalue weighted by Gasteiger charge is 2.19. The second kappa shape index (κ2) is 9.45. The zero-order chi connectivity index (χ0) is 14.4. The van der Waals surface area contributed by atoms with Crippen LogP contribution in [0.4, 0.5) is 5.13 Å². The molecule has 0 spiro atoms. The number of anilines is 1. The van der Waals surface area contributed by atoms with Crippen molar-refractivity contribution in [3.05, 3.63) is 11.1 Å². The van der Waals surface area contributed by atoms with Gasteiger partial charge in [0.25, 0.3) is 0 Å². The van der Waals surface area contributed by atoms with Gasteiger partial charge in [-0.15, -0.1) is 35.3 Å². The molecule has 0 amide bonds. The van der Waals surface area contributed by atoms with E-state index in [4.69, 9.17) is 0 Å². The maximum Gasteiger partial charge on any atom is 0.191 e. The normalized spacial score (nSPS) is 14.5. The fourth-order valence-electron chi connectivity index (χ4n) is 1.98. The molecule has 1 fully saturated rings. The van der Waals surface area contributed by atoms with E-state index >= 15 is 0 Å². The number of hydrogen-bond acceptors (Lipinski definition) is 4. The van der Waals surface area contributed by atoms with Crippen LogP contribution in [0.15, 0.2) is 10.4 Å². The summed E-state index contributed by atoms with van der Waals surface area (Å²) in [7, 11) is 5.83. The summed E-state index contributed by atoms with van der Waals surface area (Å²) in [6.07, 6.45) is 5.45. The first-order valence-corrected chi connectivity index (χ1v) is 8.13. The number of rotatable bonds is 7. The number of thiazole rings is 1. The van der Waals surface area contributed by atoms with Gasteiger partial charge in [-0.05, 0) is 18.8 Å². The number of halogens is 1. The lowest BCUT2D eigenvalue weighted by Crippen LogP contribution is -2.37. The Balaban J connectivity index is 0.00000220. The number of nitrogens with zero attached hydrogens (tertiary/aromatic N) is 3. The van der Waals surface area contributed by atoms with E-state index in [9.17, 15) is 0 Å². The molecule has 1 aromatic heterocycles. The van der Waals surface area contributed by atoms with E-state index in [1.54, 1.807) is 11.3 Å². The Labute approximate surface area is 148 Å². The number of hydrogen-bond donors (Lipinski definition) is 2. The minimum atomic E-state index is 0. The SMILES string of the molecule is CN=C(NCCCC1CC1)NCc1csc(N(C)C)n1.I. The predicted octanol–water partition coefficient (Wildman–Crippen LogP) is 2.68. The highest BCUT2D eigenvalue weighted by Crippen LogP contribution is 2.33. The average Bonchev–Trinajstić information content (AvgIpc) is 3.13. The van der Waals surface area contributed by atoms with Crippen molar-refractivity contribution in [3.8, 4) is 0 Å². The molecule has 21 heavy (non-hydrogen) atoms. The van der Waals surface area contributed by atoms with E-state index in [2.05, 4.69) is 26.0 Å². The molecule has 5 nitrogen and oxygen atoms in total. The molecule has 0 radical (unpaired) electrons. The van der Waals surface area contributed by atoms with Crippen molar-refractivity contribution in [1.29, 1.82) is 0 Å². The van der Waals surface area contributed by atoms with Crippen LogP contribution in [0.5, 0.6) is 0 Å². The largest absolute Gasteiger partial charge is 0.356 e. The number of nitrogens with one attached hydrogen (secondary N) is 2. The van der Waals surface area contributed by atoms with Crippen molar-refractivity contribution in [2.24, 2.45) is 10.9 Å². The molecular formula is C14H26IN5S. The number of aliphatic imine (C=N–C) groups is 1. The van der Waals surface area contributed by atoms with Gasteiger partial charge in [0.05, 0.1) is 12.2 Å². The fraction of sp³-hybridized carbons (Fsp3) is 0.714. The summed E-state index contributed by atoms with van der Waals surface area (Å²) < 4.78 is 0. The van der Waals surface area contributed by atoms with E-state index in [1.807, 2.05) is 26.0 Å². The lowest BCUT2D eigenvalue weighted by atomic mass is 10.2. The van der Waals surface area contributed by atoms with Gasteiger partial charge >= 0.3 is 0 Å². The molecule has 1 aliphatic carbocycles. The van der Waals surface area contributed by atoms with Gasteiger partial charge in [-0.1, -0.05) is 12.8 Å². The van der Waals surface area contributed by atoms with Crippen LogP contribution in [-0.2, 0) is 6.54 Å². The van der Waals surface area contributed by atoms with Gasteiger partial charge in [0, 0.05) is 33.1 Å². The van der Waals surface area contributed by atoms with Crippen LogP contribution in [0.25, 0.3) is 0 Å². The van der Waals surface area contributed by atoms with Crippen molar-refractivity contribution < 1.29 is 0 Å². The lowest BCUT2D eigenvalue weighted by Gasteiger charge is -2.11. The van der Waals surface area contributed by atoms with Crippen LogP contribution in [0.1, 0.15) is 31.4 Å². The molecular weight excluding hydrogens is 397 g/mol. The smallest absolute Gasteiger partial charge is 0.191 e. The van der Waals surface area contributed by atoms with Gasteiger partial charge in [-0.2, -0.15) is 0 Å². The monoisotopic (exact) mass is 423 g/mol. The molecule has 120 valence electrons. The molecule has 1 heterocycles. The van der Waals surface area contributed by atoms with Crippen molar-refractivity contribution >= 4 is 46.4 Å². The Morgan fingerprint density at radius 3 is 2.76 bits per heavy atom. The predicted molar refractivity (Wildman–Crippen MR) is 102 cm³/mol. The highest BCUT2D eigenvalue weighted by molar-refractivity contribution is 14.0. The minimum absolute atomic E-state index is 0. The molecule has 0 aromatic carbocycles. The van der Waals surface area contributed by atoms with Crippen molar-refractivity contribution in [2.45, 2.75) is 32.2 Å². The van der Waals surface area contributed by atoms with Crippen LogP contribution in [0.3, 0.4) is 0 Å². The summed E-state index contributed by atoms with van der Waals surface area (Å²) in [5.41, 5.74) is 1.06. The fourth-order valence-corrected chi connectivity index (χ4v) is 2.74. The maximum atomic E-state index is 4.54. The summed E-state index contributed by atoms with van der Waals surface area (Å²) in [5.74, 6) is 1.87. The van der Waals surface area contributed by atoms with E-state index < -0.39 is 0 Å². The molecule has 7 heteroatoms. The molecule has 1 aliphatic rings. The summed E-state index contributed by atoms with van der Waals surface area (Å²) in [6, 6.07) is 0. The molecule has 0 atom stereocenters. The van der Waals surface area contributed by atoms with Gasteiger partial charge in [0.15, 0.2) is 11.1 Å². The van der Waals surface area contributed by atoms with E-state index in [0.29, 0.717) is 6.54 Å². The third kappa shape index (κ3) is 6.82. The van der Waals surface area contributed by atoms with Crippen molar-refractivity contribution in [2.75, 3.05) is 32.6 Å². The molecule has 0 aliphatic heterocycles. The van der Waals surface area contributed by atoms with E-state index in [-0.39, 0.29) is 24.0 Å². The van der Waals surface area contributed by atoms with Crippen LogP contribution in [0, 0.1) is 5.92 Å². The van der Waals surface area contributed by atoms with Gasteiger partial charge in [0.2, 0.25) is 0 Å². The Bertz CT molecular complexity index is 442. The van der Waals surface area contributed by atoms with Crippen LogP contribution >= 0.6 is 35.3 Å². The summed E-state index contributed by atoms with van der Waals surface area (Å²) >= 11 is 1.66. The van der Waals surface area contributed by atoms with Crippen LogP contribution in [-0.4, -0.2) is 38.6 Å². The van der Waals surface area contributed by atoms with Crippen molar-refractivity contribution in [3.63, 3.8) is 0 Å². The van der Waals surface area contributed by atoms with Gasteiger partial charge in [-0.3, -0.25) is 4.99 Å². The lowest BCUT2D eigenvalue weighted by molar-refractivity contribution is 0.644. The first-order valence-electron chi connectivity index (χ1n) is 7.25. The summed E-state index contributed by atoms with van der Waals surface area (Å²) in [5, 5.41) is 9.79. The van der Waals surface area contributed by atoms with E-state index in [1.165, 1.54) is 25.7 Å². The number of aromatic nitrogens is 1. The molecule has 2 rings (SSSR count). The first-order chi connectivity index (χ1) is 9.69. The highest BCUT2D eigenvalue weighted by atomic mass is 127. The molecule has 2 N–H and O–H groups in total. The Kier molecular flexibility index (Phi) is 8.31. The molecule has 1 saturated carbocycles. The topological polar surface area (TPSA) is 52.6 Å². The Hall–Kier alpha value is -0.570. The Morgan fingerprint density at radius 2 is 2.19 bits per heavy atom. The molecule has 0 unspecified atom stereocenters. The zero-order valence-corrected chi connectivity index (χ0v) is 16.2. The quantitative estimate of drug-likeness (QED) is 0.307. The number of guanidine groups is 1. The third-order valence-corrected chi connectivity index (χ3v) is 4.42. The summed E-state index contributed by atoms with van der Waals surface area (Å²) in [4.78, 5) is 10.8.